The summed E-state index contributed by atoms with van der Waals surface area (Å²) < 4.78 is 17.7. The zero-order chi connectivity index (χ0) is 30.1. The van der Waals surface area contributed by atoms with Crippen LogP contribution in [0.5, 0.6) is 5.75 Å². The Morgan fingerprint density at radius 1 is 1.14 bits per heavy atom. The summed E-state index contributed by atoms with van der Waals surface area (Å²) in [6.07, 6.45) is 1.76. The molecule has 4 saturated heterocycles. The molecule has 4 aliphatic rings. The third-order valence-corrected chi connectivity index (χ3v) is 9.85. The summed E-state index contributed by atoms with van der Waals surface area (Å²) in [5.41, 5.74) is -1.44. The van der Waals surface area contributed by atoms with E-state index in [4.69, 9.17) is 14.2 Å². The van der Waals surface area contributed by atoms with Gasteiger partial charge in [0.15, 0.2) is 0 Å². The van der Waals surface area contributed by atoms with Crippen LogP contribution in [0.4, 0.5) is 5.69 Å². The molecule has 0 saturated carbocycles. The Kier molecular flexibility index (Phi) is 9.13. The first kappa shape index (κ1) is 30.7. The lowest BCUT2D eigenvalue weighted by atomic mass is 9.66. The van der Waals surface area contributed by atoms with E-state index in [1.54, 1.807) is 29.2 Å². The Morgan fingerprint density at radius 2 is 1.86 bits per heavy atom. The normalized spacial score (nSPS) is 32.0. The second-order valence-corrected chi connectivity index (χ2v) is 12.3. The van der Waals surface area contributed by atoms with Gasteiger partial charge < -0.3 is 34.9 Å². The highest BCUT2D eigenvalue weighted by atomic mass is 16.5. The minimum absolute atomic E-state index is 0.0539. The smallest absolute Gasteiger partial charge is 0.245 e. The van der Waals surface area contributed by atoms with E-state index in [2.05, 4.69) is 15.5 Å². The highest BCUT2D eigenvalue weighted by Gasteiger charge is 2.78. The minimum atomic E-state index is -1.14. The van der Waals surface area contributed by atoms with Gasteiger partial charge in [-0.1, -0.05) is 20.3 Å². The minimum Gasteiger partial charge on any atom is -0.494 e. The fourth-order valence-corrected chi connectivity index (χ4v) is 7.52. The fraction of sp³-hybridized carbons (Fsp3) is 0.710. The molecule has 3 N–H and O–H groups in total. The lowest BCUT2D eigenvalue weighted by Crippen LogP contribution is -2.59. The Morgan fingerprint density at radius 3 is 2.50 bits per heavy atom. The molecule has 4 heterocycles. The zero-order valence-electron chi connectivity index (χ0n) is 25.3. The Hall–Kier alpha value is -2.73. The van der Waals surface area contributed by atoms with Gasteiger partial charge in [0.1, 0.15) is 17.4 Å². The largest absolute Gasteiger partial charge is 0.494 e. The number of carbonyl (C=O) groups excluding carboxylic acids is 3. The van der Waals surface area contributed by atoms with E-state index in [9.17, 15) is 19.5 Å². The number of ether oxygens (including phenoxy) is 3. The first-order chi connectivity index (χ1) is 20.2. The van der Waals surface area contributed by atoms with Crippen molar-refractivity contribution in [2.45, 2.75) is 70.2 Å². The summed E-state index contributed by atoms with van der Waals surface area (Å²) in [7, 11) is 0. The SMILES string of the molecule is CCOc1ccc(NC(=O)[C@@H]2[C@H]3C(=O)N([C@@H](CO)[C@@H](C)CC)C(C(=O)NCCN4CCOCC4)C34CC[C@@]2(C)O4)cc1. The number of nitrogens with zero attached hydrogens (tertiary/aromatic N) is 2. The maximum atomic E-state index is 14.4. The van der Waals surface area contributed by atoms with Crippen molar-refractivity contribution in [3.63, 3.8) is 0 Å². The molecule has 1 spiro atoms. The molecule has 2 unspecified atom stereocenters. The van der Waals surface area contributed by atoms with Gasteiger partial charge in [0.2, 0.25) is 17.7 Å². The molecule has 0 aliphatic carbocycles. The number of fused-ring (bicyclic) bond motifs is 1. The van der Waals surface area contributed by atoms with Crippen molar-refractivity contribution in [1.82, 2.24) is 15.1 Å². The third-order valence-electron chi connectivity index (χ3n) is 9.85. The Labute approximate surface area is 248 Å². The molecule has 232 valence electrons. The topological polar surface area (TPSA) is 130 Å². The summed E-state index contributed by atoms with van der Waals surface area (Å²) in [6.45, 7) is 12.1. The van der Waals surface area contributed by atoms with Crippen LogP contribution in [0.25, 0.3) is 0 Å². The van der Waals surface area contributed by atoms with Crippen molar-refractivity contribution < 1.29 is 33.7 Å². The van der Waals surface area contributed by atoms with Crippen LogP contribution in [-0.4, -0.2) is 109 Å². The molecule has 7 atom stereocenters. The molecule has 2 bridgehead atoms. The highest BCUT2D eigenvalue weighted by Crippen LogP contribution is 2.63. The van der Waals surface area contributed by atoms with Crippen molar-refractivity contribution in [2.24, 2.45) is 17.8 Å². The van der Waals surface area contributed by atoms with Crippen LogP contribution >= 0.6 is 0 Å². The molecule has 0 radical (unpaired) electrons. The maximum Gasteiger partial charge on any atom is 0.245 e. The number of hydrogen-bond acceptors (Lipinski definition) is 8. The summed E-state index contributed by atoms with van der Waals surface area (Å²) in [4.78, 5) is 46.1. The number of rotatable bonds is 12. The van der Waals surface area contributed by atoms with E-state index in [0.717, 1.165) is 19.5 Å². The monoisotopic (exact) mass is 586 g/mol. The molecule has 5 rings (SSSR count). The Bertz CT molecular complexity index is 1140. The van der Waals surface area contributed by atoms with E-state index in [-0.39, 0.29) is 30.2 Å². The van der Waals surface area contributed by atoms with Gasteiger partial charge in [-0.15, -0.1) is 0 Å². The van der Waals surface area contributed by atoms with E-state index >= 15 is 0 Å². The number of morpholine rings is 1. The molecule has 4 fully saturated rings. The van der Waals surface area contributed by atoms with Crippen LogP contribution in [0.15, 0.2) is 24.3 Å². The first-order valence-electron chi connectivity index (χ1n) is 15.4. The number of carbonyl (C=O) groups is 3. The lowest BCUT2D eigenvalue weighted by molar-refractivity contribution is -0.150. The van der Waals surface area contributed by atoms with E-state index in [1.165, 1.54) is 0 Å². The number of anilines is 1. The number of aliphatic hydroxyl groups excluding tert-OH is 1. The molecular weight excluding hydrogens is 540 g/mol. The number of benzene rings is 1. The quantitative estimate of drug-likeness (QED) is 0.337. The lowest BCUT2D eigenvalue weighted by Gasteiger charge is -2.39. The fourth-order valence-electron chi connectivity index (χ4n) is 7.52. The summed E-state index contributed by atoms with van der Waals surface area (Å²) in [6, 6.07) is 5.62. The van der Waals surface area contributed by atoms with E-state index in [1.807, 2.05) is 27.7 Å². The average Bonchev–Trinajstić information content (AvgIpc) is 3.56. The number of nitrogens with one attached hydrogen (secondary N) is 2. The molecule has 42 heavy (non-hydrogen) atoms. The van der Waals surface area contributed by atoms with Crippen molar-refractivity contribution in [3.05, 3.63) is 24.3 Å². The van der Waals surface area contributed by atoms with Crippen LogP contribution in [0.2, 0.25) is 0 Å². The van der Waals surface area contributed by atoms with Crippen LogP contribution in [-0.2, 0) is 23.9 Å². The number of amides is 3. The van der Waals surface area contributed by atoms with Gasteiger partial charge in [-0.05, 0) is 56.9 Å². The van der Waals surface area contributed by atoms with Gasteiger partial charge in [-0.3, -0.25) is 19.3 Å². The van der Waals surface area contributed by atoms with Gasteiger partial charge in [0.25, 0.3) is 0 Å². The van der Waals surface area contributed by atoms with Gasteiger partial charge in [0.05, 0.1) is 49.9 Å². The molecule has 11 nitrogen and oxygen atoms in total. The van der Waals surface area contributed by atoms with Crippen LogP contribution in [0.3, 0.4) is 0 Å². The summed E-state index contributed by atoms with van der Waals surface area (Å²) >= 11 is 0. The molecule has 0 aromatic heterocycles. The van der Waals surface area contributed by atoms with Crippen LogP contribution < -0.4 is 15.4 Å². The Balaban J connectivity index is 1.42. The number of hydrogen-bond donors (Lipinski definition) is 3. The van der Waals surface area contributed by atoms with Gasteiger partial charge >= 0.3 is 0 Å². The van der Waals surface area contributed by atoms with E-state index in [0.29, 0.717) is 57.2 Å². The predicted octanol–water partition coefficient (Wildman–Crippen LogP) is 1.64. The number of likely N-dealkylation sites (tertiary alicyclic amines) is 1. The molecule has 1 aromatic rings. The van der Waals surface area contributed by atoms with Gasteiger partial charge in [-0.25, -0.2) is 0 Å². The van der Waals surface area contributed by atoms with Crippen molar-refractivity contribution in [3.8, 4) is 5.75 Å². The summed E-state index contributed by atoms with van der Waals surface area (Å²) in [5.74, 6) is -1.85. The average molecular weight is 587 g/mol. The molecule has 11 heteroatoms. The summed E-state index contributed by atoms with van der Waals surface area (Å²) in [5, 5.41) is 16.5. The van der Waals surface area contributed by atoms with Crippen molar-refractivity contribution in [1.29, 1.82) is 0 Å². The van der Waals surface area contributed by atoms with Gasteiger partial charge in [0, 0.05) is 31.9 Å². The van der Waals surface area contributed by atoms with Crippen molar-refractivity contribution in [2.75, 3.05) is 57.9 Å². The zero-order valence-corrected chi connectivity index (χ0v) is 25.3. The first-order valence-corrected chi connectivity index (χ1v) is 15.4. The van der Waals surface area contributed by atoms with Gasteiger partial charge in [-0.2, -0.15) is 0 Å². The third kappa shape index (κ3) is 5.40. The standard InChI is InChI=1S/C31H46N4O7/c1-5-20(3)23(19-36)35-26(28(38)32-13-14-34-15-17-40-18-16-34)31-12-11-30(4,42-31)24(25(31)29(35)39)27(37)33-21-7-9-22(10-8-21)41-6-2/h7-10,20,23-26,36H,5-6,11-19H2,1-4H3,(H,32,38)(H,33,37)/t20-,23-,24-,25-,26?,30+,31?/m0/s1. The number of aliphatic hydroxyl groups is 1. The van der Waals surface area contributed by atoms with Crippen LogP contribution in [0, 0.1) is 17.8 Å². The predicted molar refractivity (Wildman–Crippen MR) is 156 cm³/mol. The second kappa shape index (κ2) is 12.5. The molecule has 4 aliphatic heterocycles. The maximum absolute atomic E-state index is 14.4. The van der Waals surface area contributed by atoms with Crippen LogP contribution in [0.1, 0.15) is 47.0 Å². The molecular formula is C31H46N4O7. The van der Waals surface area contributed by atoms with E-state index < -0.39 is 35.1 Å². The van der Waals surface area contributed by atoms with Crippen molar-refractivity contribution >= 4 is 23.4 Å². The molecule has 1 aromatic carbocycles. The highest BCUT2D eigenvalue weighted by molar-refractivity contribution is 6.02. The molecule has 3 amide bonds. The second-order valence-electron chi connectivity index (χ2n) is 12.3.